The van der Waals surface area contributed by atoms with Crippen molar-refractivity contribution < 1.29 is 18.0 Å². The minimum Gasteiger partial charge on any atom is -0.356 e. The molecule has 106 valence electrons. The lowest BCUT2D eigenvalue weighted by molar-refractivity contribution is -0.156. The molecule has 0 aromatic carbocycles. The van der Waals surface area contributed by atoms with Gasteiger partial charge in [-0.1, -0.05) is 25.2 Å². The summed E-state index contributed by atoms with van der Waals surface area (Å²) >= 11 is 0. The summed E-state index contributed by atoms with van der Waals surface area (Å²) in [5, 5.41) is 5.44. The zero-order valence-corrected chi connectivity index (χ0v) is 10.9. The van der Waals surface area contributed by atoms with Gasteiger partial charge in [0, 0.05) is 13.1 Å². The predicted octanol–water partition coefficient (Wildman–Crippen LogP) is 3.35. The highest BCUT2D eigenvalue weighted by Gasteiger charge is 2.33. The first-order chi connectivity index (χ1) is 8.76. The van der Waals surface area contributed by atoms with Crippen LogP contribution in [0.4, 0.5) is 13.2 Å². The van der Waals surface area contributed by atoms with E-state index in [0.717, 1.165) is 19.1 Å². The lowest BCUT2D eigenvalue weighted by Crippen LogP contribution is -2.17. The smallest absolute Gasteiger partial charge is 0.356 e. The van der Waals surface area contributed by atoms with Gasteiger partial charge in [-0.25, -0.2) is 5.53 Å². The van der Waals surface area contributed by atoms with Gasteiger partial charge in [-0.2, -0.15) is 18.3 Å². The van der Waals surface area contributed by atoms with E-state index in [-0.39, 0.29) is 11.3 Å². The van der Waals surface area contributed by atoms with Gasteiger partial charge in [0.15, 0.2) is 0 Å². The summed E-state index contributed by atoms with van der Waals surface area (Å²) in [7, 11) is 1.40. The molecule has 1 atom stereocenters. The lowest BCUT2D eigenvalue weighted by Gasteiger charge is -2.11. The van der Waals surface area contributed by atoms with Crippen LogP contribution in [-0.4, -0.2) is 19.1 Å². The number of hydrogen-bond acceptors (Lipinski definition) is 3. The molecular formula is C12H16F3N3O. The van der Waals surface area contributed by atoms with Crippen molar-refractivity contribution in [3.05, 3.63) is 35.6 Å². The maximum absolute atomic E-state index is 12.3. The molecule has 0 fully saturated rings. The number of hydrogen-bond donors (Lipinski definition) is 2. The summed E-state index contributed by atoms with van der Waals surface area (Å²) in [4.78, 5) is 11.1. The third kappa shape index (κ3) is 5.98. The number of alkyl halides is 3. The van der Waals surface area contributed by atoms with Gasteiger partial charge in [-0.3, -0.25) is 4.79 Å². The molecule has 0 aromatic heterocycles. The Hall–Kier alpha value is -1.92. The Bertz CT molecular complexity index is 422. The van der Waals surface area contributed by atoms with Crippen molar-refractivity contribution in [2.75, 3.05) is 7.05 Å². The van der Waals surface area contributed by atoms with Crippen LogP contribution >= 0.6 is 0 Å². The normalized spacial score (nSPS) is 15.5. The molecule has 1 unspecified atom stereocenters. The average Bonchev–Trinajstić information content (AvgIpc) is 2.35. The molecule has 2 N–H and O–H groups in total. The lowest BCUT2D eigenvalue weighted by atomic mass is 10.1. The van der Waals surface area contributed by atoms with Crippen molar-refractivity contribution in [3.63, 3.8) is 0 Å². The standard InChI is InChI=1S/C12H16F3N3O/c1-4-9(6-5-8(2)12(13,14)15)10(18-16)7-11(19)17-3/h4-8,16H,1-3H3,(H,17,19)/b6-5-,9-4+,10-7-,18-16?. The maximum Gasteiger partial charge on any atom is 0.394 e. The monoisotopic (exact) mass is 275 g/mol. The highest BCUT2D eigenvalue weighted by atomic mass is 19.4. The second-order valence-corrected chi connectivity index (χ2v) is 3.69. The van der Waals surface area contributed by atoms with Gasteiger partial charge in [0.05, 0.1) is 11.6 Å². The molecule has 1 amide bonds. The Morgan fingerprint density at radius 2 is 2.00 bits per heavy atom. The molecule has 0 saturated heterocycles. The van der Waals surface area contributed by atoms with Crippen LogP contribution in [0.3, 0.4) is 0 Å². The fourth-order valence-electron chi connectivity index (χ4n) is 1.06. The van der Waals surface area contributed by atoms with Crippen LogP contribution in [0, 0.1) is 11.4 Å². The second kappa shape index (κ2) is 7.50. The number of carbonyl (C=O) groups excluding carboxylic acids is 1. The fraction of sp³-hybridized carbons (Fsp3) is 0.417. The zero-order valence-electron chi connectivity index (χ0n) is 10.9. The summed E-state index contributed by atoms with van der Waals surface area (Å²) in [6.07, 6.45) is 0.360. The van der Waals surface area contributed by atoms with Crippen molar-refractivity contribution in [3.8, 4) is 0 Å². The highest BCUT2D eigenvalue weighted by molar-refractivity contribution is 5.88. The van der Waals surface area contributed by atoms with Gasteiger partial charge in [-0.05, 0) is 12.5 Å². The zero-order chi connectivity index (χ0) is 15.1. The number of likely N-dealkylation sites (N-methyl/N-ethyl adjacent to an activating group) is 1. The van der Waals surface area contributed by atoms with E-state index < -0.39 is 18.0 Å². The van der Waals surface area contributed by atoms with E-state index in [1.807, 2.05) is 0 Å². The number of allylic oxidation sites excluding steroid dienone is 3. The molecule has 0 aliphatic heterocycles. The summed E-state index contributed by atoms with van der Waals surface area (Å²) in [5.74, 6) is -2.10. The van der Waals surface area contributed by atoms with Crippen LogP contribution in [-0.2, 0) is 4.79 Å². The molecule has 0 radical (unpaired) electrons. The third-order valence-corrected chi connectivity index (χ3v) is 2.32. The number of halogens is 3. The number of nitrogens with zero attached hydrogens (tertiary/aromatic N) is 1. The van der Waals surface area contributed by atoms with Crippen LogP contribution in [0.2, 0.25) is 0 Å². The SMILES string of the molecule is C/C=C(\C=C/C(C)C(F)(F)F)C(=C/C(=O)NC)/N=N. The molecule has 0 aromatic rings. The summed E-state index contributed by atoms with van der Waals surface area (Å²) in [5.41, 5.74) is 7.22. The van der Waals surface area contributed by atoms with E-state index in [9.17, 15) is 18.0 Å². The van der Waals surface area contributed by atoms with Gasteiger partial charge in [0.1, 0.15) is 0 Å². The van der Waals surface area contributed by atoms with Gasteiger partial charge < -0.3 is 5.32 Å². The molecule has 0 bridgehead atoms. The second-order valence-electron chi connectivity index (χ2n) is 3.69. The molecule has 0 rings (SSSR count). The largest absolute Gasteiger partial charge is 0.394 e. The topological polar surface area (TPSA) is 65.3 Å². The van der Waals surface area contributed by atoms with Crippen molar-refractivity contribution in [1.82, 2.24) is 5.32 Å². The maximum atomic E-state index is 12.3. The first kappa shape index (κ1) is 17.1. The molecule has 4 nitrogen and oxygen atoms in total. The molecule has 0 spiro atoms. The molecule has 0 aliphatic rings. The van der Waals surface area contributed by atoms with E-state index in [4.69, 9.17) is 5.53 Å². The Labute approximate surface area is 109 Å². The minimum atomic E-state index is -4.32. The average molecular weight is 275 g/mol. The first-order valence-corrected chi connectivity index (χ1v) is 5.48. The molecule has 0 saturated carbocycles. The first-order valence-electron chi connectivity index (χ1n) is 5.48. The molecule has 0 aliphatic carbocycles. The van der Waals surface area contributed by atoms with Crippen LogP contribution in [0.5, 0.6) is 0 Å². The number of nitrogens with one attached hydrogen (secondary N) is 2. The summed E-state index contributed by atoms with van der Waals surface area (Å²) in [6.45, 7) is 2.60. The predicted molar refractivity (Wildman–Crippen MR) is 65.4 cm³/mol. The molecular weight excluding hydrogens is 259 g/mol. The Morgan fingerprint density at radius 3 is 2.37 bits per heavy atom. The van der Waals surface area contributed by atoms with Crippen LogP contribution in [0.15, 0.2) is 40.7 Å². The van der Waals surface area contributed by atoms with Crippen LogP contribution in [0.25, 0.3) is 0 Å². The van der Waals surface area contributed by atoms with Crippen molar-refractivity contribution in [2.24, 2.45) is 11.0 Å². The Morgan fingerprint density at radius 1 is 1.42 bits per heavy atom. The number of rotatable bonds is 5. The Balaban J connectivity index is 5.14. The van der Waals surface area contributed by atoms with E-state index in [1.54, 1.807) is 6.92 Å². The van der Waals surface area contributed by atoms with Crippen molar-refractivity contribution in [2.45, 2.75) is 20.0 Å². The quantitative estimate of drug-likeness (QED) is 0.451. The van der Waals surface area contributed by atoms with Gasteiger partial charge in [0.25, 0.3) is 0 Å². The van der Waals surface area contributed by atoms with E-state index in [0.29, 0.717) is 0 Å². The highest BCUT2D eigenvalue weighted by Crippen LogP contribution is 2.27. The summed E-state index contributed by atoms with van der Waals surface area (Å²) in [6, 6.07) is 0. The number of amides is 1. The Kier molecular flexibility index (Phi) is 6.74. The van der Waals surface area contributed by atoms with E-state index >= 15 is 0 Å². The fourth-order valence-corrected chi connectivity index (χ4v) is 1.06. The van der Waals surface area contributed by atoms with Gasteiger partial charge in [-0.15, -0.1) is 0 Å². The third-order valence-electron chi connectivity index (χ3n) is 2.32. The summed E-state index contributed by atoms with van der Waals surface area (Å²) < 4.78 is 37.0. The van der Waals surface area contributed by atoms with Crippen molar-refractivity contribution in [1.29, 1.82) is 5.53 Å². The molecule has 7 heteroatoms. The van der Waals surface area contributed by atoms with Crippen molar-refractivity contribution >= 4 is 5.91 Å². The van der Waals surface area contributed by atoms with Crippen LogP contribution < -0.4 is 5.32 Å². The van der Waals surface area contributed by atoms with E-state index in [1.165, 1.54) is 19.2 Å². The number of carbonyl (C=O) groups is 1. The van der Waals surface area contributed by atoms with E-state index in [2.05, 4.69) is 10.4 Å². The minimum absolute atomic E-state index is 0.00697. The molecule has 0 heterocycles. The molecule has 19 heavy (non-hydrogen) atoms. The van der Waals surface area contributed by atoms with Gasteiger partial charge in [0.2, 0.25) is 5.91 Å². The van der Waals surface area contributed by atoms with Crippen LogP contribution in [0.1, 0.15) is 13.8 Å². The van der Waals surface area contributed by atoms with Gasteiger partial charge >= 0.3 is 6.18 Å².